The van der Waals surface area contributed by atoms with Crippen LogP contribution in [0.3, 0.4) is 0 Å². The Morgan fingerprint density at radius 3 is 2.27 bits per heavy atom. The highest BCUT2D eigenvalue weighted by Gasteiger charge is 2.28. The van der Waals surface area contributed by atoms with Crippen molar-refractivity contribution in [1.82, 2.24) is 15.1 Å². The van der Waals surface area contributed by atoms with Crippen molar-refractivity contribution in [2.24, 2.45) is 10.9 Å². The number of halogens is 1. The molecule has 1 N–H and O–H groups in total. The van der Waals surface area contributed by atoms with E-state index in [4.69, 9.17) is 14.5 Å². The first-order chi connectivity index (χ1) is 14.2. The van der Waals surface area contributed by atoms with Crippen molar-refractivity contribution in [2.75, 3.05) is 59.6 Å². The van der Waals surface area contributed by atoms with Gasteiger partial charge in [0.15, 0.2) is 5.96 Å². The smallest absolute Gasteiger partial charge is 0.193 e. The zero-order valence-corrected chi connectivity index (χ0v) is 22.2. The van der Waals surface area contributed by atoms with Crippen molar-refractivity contribution < 1.29 is 9.47 Å². The Kier molecular flexibility index (Phi) is 15.4. The van der Waals surface area contributed by atoms with Gasteiger partial charge in [-0.3, -0.25) is 9.89 Å². The van der Waals surface area contributed by atoms with E-state index in [-0.39, 0.29) is 24.0 Å². The van der Waals surface area contributed by atoms with Crippen molar-refractivity contribution in [2.45, 2.75) is 77.9 Å². The van der Waals surface area contributed by atoms with Gasteiger partial charge in [0.25, 0.3) is 0 Å². The molecule has 1 atom stereocenters. The van der Waals surface area contributed by atoms with Gasteiger partial charge in [0.1, 0.15) is 0 Å². The Balaban J connectivity index is 0.00000450. The maximum absolute atomic E-state index is 6.03. The number of ether oxygens (including phenoxy) is 2. The molecule has 0 aliphatic carbocycles. The second-order valence-electron chi connectivity index (χ2n) is 8.49. The van der Waals surface area contributed by atoms with Gasteiger partial charge >= 0.3 is 0 Å². The van der Waals surface area contributed by atoms with Gasteiger partial charge in [-0.1, -0.05) is 26.7 Å². The van der Waals surface area contributed by atoms with Gasteiger partial charge in [-0.15, -0.1) is 24.0 Å². The predicted octanol–water partition coefficient (Wildman–Crippen LogP) is 3.99. The van der Waals surface area contributed by atoms with Crippen molar-refractivity contribution in [3.05, 3.63) is 0 Å². The van der Waals surface area contributed by atoms with E-state index in [1.54, 1.807) is 7.11 Å². The molecule has 2 heterocycles. The number of hydrogen-bond acceptors (Lipinski definition) is 4. The highest BCUT2D eigenvalue weighted by atomic mass is 127. The maximum atomic E-state index is 6.03. The summed E-state index contributed by atoms with van der Waals surface area (Å²) in [4.78, 5) is 10.3. The average Bonchev–Trinajstić information content (AvgIpc) is 3.28. The highest BCUT2D eigenvalue weighted by molar-refractivity contribution is 14.0. The van der Waals surface area contributed by atoms with E-state index in [0.29, 0.717) is 12.1 Å². The molecule has 2 aliphatic rings. The van der Waals surface area contributed by atoms with Crippen LogP contribution in [0.15, 0.2) is 4.99 Å². The van der Waals surface area contributed by atoms with Crippen LogP contribution in [0.1, 0.15) is 65.7 Å². The molecule has 7 heteroatoms. The van der Waals surface area contributed by atoms with Crippen molar-refractivity contribution >= 4 is 29.9 Å². The number of aliphatic imine (C=N–C) groups is 1. The first-order valence-electron chi connectivity index (χ1n) is 12.1. The quantitative estimate of drug-likeness (QED) is 0.176. The Bertz CT molecular complexity index is 446. The number of likely N-dealkylation sites (tertiary alicyclic amines) is 2. The third-order valence-electron chi connectivity index (χ3n) is 6.55. The molecule has 0 aromatic carbocycles. The van der Waals surface area contributed by atoms with Crippen LogP contribution in [-0.2, 0) is 9.47 Å². The molecule has 0 aromatic heterocycles. The van der Waals surface area contributed by atoms with Crippen molar-refractivity contribution in [3.63, 3.8) is 0 Å². The molecule has 178 valence electrons. The van der Waals surface area contributed by atoms with Gasteiger partial charge in [0, 0.05) is 46.0 Å². The predicted molar refractivity (Wildman–Crippen MR) is 137 cm³/mol. The number of nitrogens with zero attached hydrogens (tertiary/aromatic N) is 3. The standard InChI is InChI=1S/C23H46N4O2.HI/c1-5-20(6-2)22(26-13-8-9-14-26)19-25-23(24-7-3)27-15-11-21(12-16-27)29-18-10-17-28-4;/h20-22H,5-19H2,1-4H3,(H,24,25);1H. The number of nitrogens with one attached hydrogen (secondary N) is 1. The van der Waals surface area contributed by atoms with Crippen LogP contribution in [0.2, 0.25) is 0 Å². The van der Waals surface area contributed by atoms with Crippen LogP contribution in [0.4, 0.5) is 0 Å². The summed E-state index contributed by atoms with van der Waals surface area (Å²) in [5.41, 5.74) is 0. The van der Waals surface area contributed by atoms with Gasteiger partial charge in [0.2, 0.25) is 0 Å². The molecule has 6 nitrogen and oxygen atoms in total. The summed E-state index contributed by atoms with van der Waals surface area (Å²) >= 11 is 0. The summed E-state index contributed by atoms with van der Waals surface area (Å²) in [6.07, 6.45) is 8.71. The second kappa shape index (κ2) is 16.5. The van der Waals surface area contributed by atoms with Gasteiger partial charge in [-0.25, -0.2) is 0 Å². The normalized spacial score (nSPS) is 19.9. The molecular weight excluding hydrogens is 491 g/mol. The number of methoxy groups -OCH3 is 1. The van der Waals surface area contributed by atoms with Crippen LogP contribution in [0.25, 0.3) is 0 Å². The molecule has 0 bridgehead atoms. The monoisotopic (exact) mass is 538 g/mol. The fraction of sp³-hybridized carbons (Fsp3) is 0.957. The minimum Gasteiger partial charge on any atom is -0.385 e. The van der Waals surface area contributed by atoms with Crippen LogP contribution >= 0.6 is 24.0 Å². The molecule has 0 amide bonds. The molecule has 30 heavy (non-hydrogen) atoms. The molecule has 0 radical (unpaired) electrons. The molecule has 2 saturated heterocycles. The SMILES string of the molecule is CCNC(=NCC(C(CC)CC)N1CCCC1)N1CCC(OCCCOC)CC1.I. The first kappa shape index (κ1) is 27.9. The molecule has 0 saturated carbocycles. The van der Waals surface area contributed by atoms with Crippen LogP contribution in [0, 0.1) is 5.92 Å². The number of guanidine groups is 1. The van der Waals surface area contributed by atoms with Crippen molar-refractivity contribution in [1.29, 1.82) is 0 Å². The third-order valence-corrected chi connectivity index (χ3v) is 6.55. The summed E-state index contributed by atoms with van der Waals surface area (Å²) in [7, 11) is 1.75. The number of rotatable bonds is 12. The van der Waals surface area contributed by atoms with E-state index in [1.807, 2.05) is 0 Å². The topological polar surface area (TPSA) is 49.3 Å². The van der Waals surface area contributed by atoms with Crippen molar-refractivity contribution in [3.8, 4) is 0 Å². The van der Waals surface area contributed by atoms with E-state index in [1.165, 1.54) is 38.8 Å². The molecule has 2 aliphatic heterocycles. The average molecular weight is 539 g/mol. The van der Waals surface area contributed by atoms with E-state index in [0.717, 1.165) is 70.5 Å². The molecule has 0 spiro atoms. The summed E-state index contributed by atoms with van der Waals surface area (Å²) in [5, 5.41) is 3.55. The second-order valence-corrected chi connectivity index (χ2v) is 8.49. The van der Waals surface area contributed by atoms with E-state index in [2.05, 4.69) is 35.9 Å². The zero-order chi connectivity index (χ0) is 20.9. The fourth-order valence-electron chi connectivity index (χ4n) is 4.76. The lowest BCUT2D eigenvalue weighted by atomic mass is 9.93. The van der Waals surface area contributed by atoms with Gasteiger partial charge in [-0.05, 0) is 58.0 Å². The Morgan fingerprint density at radius 2 is 1.70 bits per heavy atom. The highest BCUT2D eigenvalue weighted by Crippen LogP contribution is 2.23. The summed E-state index contributed by atoms with van der Waals surface area (Å²) < 4.78 is 11.1. The third kappa shape index (κ3) is 9.17. The Morgan fingerprint density at radius 1 is 1.03 bits per heavy atom. The Hall–Kier alpha value is -0.120. The van der Waals surface area contributed by atoms with Crippen LogP contribution in [-0.4, -0.2) is 87.5 Å². The van der Waals surface area contributed by atoms with Crippen LogP contribution < -0.4 is 5.32 Å². The lowest BCUT2D eigenvalue weighted by Gasteiger charge is -2.36. The maximum Gasteiger partial charge on any atom is 0.193 e. The minimum absolute atomic E-state index is 0. The molecular formula is C23H47IN4O2. The first-order valence-corrected chi connectivity index (χ1v) is 12.1. The largest absolute Gasteiger partial charge is 0.385 e. The van der Waals surface area contributed by atoms with Crippen LogP contribution in [0.5, 0.6) is 0 Å². The van der Waals surface area contributed by atoms with Gasteiger partial charge in [-0.2, -0.15) is 0 Å². The number of piperidine rings is 1. The van der Waals surface area contributed by atoms with Gasteiger partial charge in [0.05, 0.1) is 12.6 Å². The molecule has 1 unspecified atom stereocenters. The summed E-state index contributed by atoms with van der Waals surface area (Å²) in [5.74, 6) is 1.84. The van der Waals surface area contributed by atoms with E-state index < -0.39 is 0 Å². The number of hydrogen-bond donors (Lipinski definition) is 1. The fourth-order valence-corrected chi connectivity index (χ4v) is 4.76. The lowest BCUT2D eigenvalue weighted by molar-refractivity contribution is 0.00987. The van der Waals surface area contributed by atoms with E-state index >= 15 is 0 Å². The summed E-state index contributed by atoms with van der Waals surface area (Å²) in [6, 6.07) is 0.586. The van der Waals surface area contributed by atoms with E-state index in [9.17, 15) is 0 Å². The van der Waals surface area contributed by atoms with Gasteiger partial charge < -0.3 is 19.7 Å². The summed E-state index contributed by atoms with van der Waals surface area (Å²) in [6.45, 7) is 14.8. The minimum atomic E-state index is 0. The molecule has 2 fully saturated rings. The molecule has 0 aromatic rings. The molecule has 2 rings (SSSR count). The zero-order valence-electron chi connectivity index (χ0n) is 19.9. The lowest BCUT2D eigenvalue weighted by Crippen LogP contribution is -2.48. The Labute approximate surface area is 202 Å².